The summed E-state index contributed by atoms with van der Waals surface area (Å²) in [4.78, 5) is 11.5. The van der Waals surface area contributed by atoms with Gasteiger partial charge in [-0.15, -0.1) is 0 Å². The van der Waals surface area contributed by atoms with Crippen molar-refractivity contribution in [2.75, 3.05) is 0 Å². The van der Waals surface area contributed by atoms with E-state index in [1.807, 2.05) is 6.07 Å². The fourth-order valence-electron chi connectivity index (χ4n) is 2.78. The predicted molar refractivity (Wildman–Crippen MR) is 72.1 cm³/mol. The van der Waals surface area contributed by atoms with Gasteiger partial charge in [0, 0.05) is 12.0 Å². The molecule has 1 fully saturated rings. The van der Waals surface area contributed by atoms with Crippen LogP contribution in [0, 0.1) is 0 Å². The summed E-state index contributed by atoms with van der Waals surface area (Å²) in [6.45, 7) is 6.79. The lowest BCUT2D eigenvalue weighted by molar-refractivity contribution is -0.141. The van der Waals surface area contributed by atoms with Crippen LogP contribution >= 0.6 is 0 Å². The molecule has 3 heteroatoms. The number of hydrogen-bond donors (Lipinski definition) is 0. The summed E-state index contributed by atoms with van der Waals surface area (Å²) in [5.41, 5.74) is 0.419. The Hall–Kier alpha value is -1.09. The minimum absolute atomic E-state index is 0.0154. The smallest absolute Gasteiger partial charge is 0.306 e. The maximum Gasteiger partial charge on any atom is 0.306 e. The van der Waals surface area contributed by atoms with Crippen LogP contribution in [0.5, 0.6) is 0 Å². The molecule has 0 aliphatic carbocycles. The first-order valence-corrected chi connectivity index (χ1v) is 9.38. The molecule has 2 nitrogen and oxygen atoms in total. The van der Waals surface area contributed by atoms with Gasteiger partial charge in [0.1, 0.15) is 6.10 Å². The molecule has 17 heavy (non-hydrogen) atoms. The third-order valence-electron chi connectivity index (χ3n) is 3.97. The minimum Gasteiger partial charge on any atom is -0.462 e. The van der Waals surface area contributed by atoms with Gasteiger partial charge in [-0.2, -0.15) is 0 Å². The van der Waals surface area contributed by atoms with Crippen LogP contribution in [0.25, 0.3) is 0 Å². The molecule has 0 spiro atoms. The van der Waals surface area contributed by atoms with Crippen molar-refractivity contribution in [3.63, 3.8) is 0 Å². The van der Waals surface area contributed by atoms with Gasteiger partial charge in [-0.1, -0.05) is 55.5 Å². The zero-order valence-electron chi connectivity index (χ0n) is 10.8. The highest BCUT2D eigenvalue weighted by molar-refractivity contribution is 6.91. The van der Waals surface area contributed by atoms with Gasteiger partial charge in [0.2, 0.25) is 0 Å². The monoisotopic (exact) mass is 248 g/mol. The first-order chi connectivity index (χ1) is 8.05. The highest BCUT2D eigenvalue weighted by atomic mass is 28.3. The Bertz CT molecular complexity index is 400. The number of esters is 1. The van der Waals surface area contributed by atoms with Crippen LogP contribution in [0.1, 0.15) is 19.8 Å². The fourth-order valence-corrected chi connectivity index (χ4v) is 6.17. The molecule has 1 aromatic carbocycles. The Labute approximate surface area is 104 Å². The number of carbonyl (C=O) groups is 1. The molecule has 0 saturated carbocycles. The van der Waals surface area contributed by atoms with Crippen LogP contribution in [0.2, 0.25) is 18.6 Å². The van der Waals surface area contributed by atoms with Crippen molar-refractivity contribution in [1.29, 1.82) is 0 Å². The molecule has 0 unspecified atom stereocenters. The third-order valence-corrected chi connectivity index (χ3v) is 8.22. The van der Waals surface area contributed by atoms with Crippen molar-refractivity contribution in [2.45, 2.75) is 44.5 Å². The number of rotatable bonds is 3. The summed E-state index contributed by atoms with van der Waals surface area (Å²) in [7, 11) is -1.62. The van der Waals surface area contributed by atoms with Crippen molar-refractivity contribution >= 4 is 19.2 Å². The van der Waals surface area contributed by atoms with Gasteiger partial charge in [0.05, 0.1) is 8.07 Å². The van der Waals surface area contributed by atoms with E-state index in [2.05, 4.69) is 44.3 Å². The Morgan fingerprint density at radius 3 is 2.53 bits per heavy atom. The van der Waals surface area contributed by atoms with Crippen LogP contribution in [-0.2, 0) is 9.53 Å². The Kier molecular flexibility index (Phi) is 3.38. The second kappa shape index (κ2) is 4.65. The van der Waals surface area contributed by atoms with Gasteiger partial charge in [-0.25, -0.2) is 0 Å². The molecule has 0 N–H and O–H groups in total. The Balaban J connectivity index is 2.29. The molecule has 1 saturated heterocycles. The molecule has 0 bridgehead atoms. The van der Waals surface area contributed by atoms with Crippen LogP contribution < -0.4 is 5.19 Å². The molecule has 92 valence electrons. The number of hydrogen-bond acceptors (Lipinski definition) is 2. The van der Waals surface area contributed by atoms with E-state index in [0.717, 1.165) is 6.42 Å². The molecule has 2 atom stereocenters. The third kappa shape index (κ3) is 2.29. The predicted octanol–water partition coefficient (Wildman–Crippen LogP) is 2.70. The van der Waals surface area contributed by atoms with E-state index >= 15 is 0 Å². The van der Waals surface area contributed by atoms with Gasteiger partial charge < -0.3 is 4.74 Å². The topological polar surface area (TPSA) is 26.3 Å². The van der Waals surface area contributed by atoms with E-state index in [-0.39, 0.29) is 12.1 Å². The van der Waals surface area contributed by atoms with E-state index in [9.17, 15) is 4.79 Å². The summed E-state index contributed by atoms with van der Waals surface area (Å²) < 4.78 is 5.43. The van der Waals surface area contributed by atoms with E-state index < -0.39 is 8.07 Å². The SMILES string of the molecule is CC[C@H]1OC(=O)C[C@@H]1[Si](C)(C)c1ccccc1. The lowest BCUT2D eigenvalue weighted by atomic mass is 10.2. The molecule has 1 aliphatic rings. The fraction of sp³-hybridized carbons (Fsp3) is 0.500. The number of ether oxygens (including phenoxy) is 1. The second-order valence-corrected chi connectivity index (χ2v) is 10.1. The highest BCUT2D eigenvalue weighted by Gasteiger charge is 2.45. The average molecular weight is 248 g/mol. The van der Waals surface area contributed by atoms with Gasteiger partial charge in [-0.3, -0.25) is 4.79 Å². The molecule has 0 amide bonds. The van der Waals surface area contributed by atoms with Crippen molar-refractivity contribution in [3.05, 3.63) is 30.3 Å². The van der Waals surface area contributed by atoms with E-state index in [1.54, 1.807) is 0 Å². The van der Waals surface area contributed by atoms with E-state index in [1.165, 1.54) is 5.19 Å². The van der Waals surface area contributed by atoms with Gasteiger partial charge >= 0.3 is 5.97 Å². The summed E-state index contributed by atoms with van der Waals surface area (Å²) >= 11 is 0. The molecule has 1 heterocycles. The molecular weight excluding hydrogens is 228 g/mol. The van der Waals surface area contributed by atoms with E-state index in [0.29, 0.717) is 12.0 Å². The van der Waals surface area contributed by atoms with Crippen LogP contribution in [0.15, 0.2) is 30.3 Å². The van der Waals surface area contributed by atoms with Crippen molar-refractivity contribution in [2.24, 2.45) is 0 Å². The van der Waals surface area contributed by atoms with Gasteiger partial charge in [-0.05, 0) is 6.42 Å². The van der Waals surface area contributed by atoms with E-state index in [4.69, 9.17) is 4.74 Å². The quantitative estimate of drug-likeness (QED) is 0.607. The van der Waals surface area contributed by atoms with Crippen LogP contribution in [-0.4, -0.2) is 20.1 Å². The minimum atomic E-state index is -1.62. The summed E-state index contributed by atoms with van der Waals surface area (Å²) in [5.74, 6) is -0.0154. The first kappa shape index (κ1) is 12.4. The van der Waals surface area contributed by atoms with Crippen molar-refractivity contribution < 1.29 is 9.53 Å². The summed E-state index contributed by atoms with van der Waals surface area (Å²) in [6.07, 6.45) is 1.66. The molecule has 2 rings (SSSR count). The molecule has 0 radical (unpaired) electrons. The van der Waals surface area contributed by atoms with Crippen LogP contribution in [0.3, 0.4) is 0 Å². The lowest BCUT2D eigenvalue weighted by Gasteiger charge is -2.32. The largest absolute Gasteiger partial charge is 0.462 e. The van der Waals surface area contributed by atoms with Crippen molar-refractivity contribution in [1.82, 2.24) is 0 Å². The van der Waals surface area contributed by atoms with Gasteiger partial charge in [0.15, 0.2) is 0 Å². The summed E-state index contributed by atoms with van der Waals surface area (Å²) in [5, 5.41) is 1.42. The summed E-state index contributed by atoms with van der Waals surface area (Å²) in [6, 6.07) is 10.6. The Morgan fingerprint density at radius 1 is 1.29 bits per heavy atom. The maximum atomic E-state index is 11.5. The molecule has 0 aromatic heterocycles. The standard InChI is InChI=1S/C14H20O2Si/c1-4-12-13(10-14(15)16-12)17(2,3)11-8-6-5-7-9-11/h5-9,12-13H,4,10H2,1-3H3/t12-,13+/m1/s1. The lowest BCUT2D eigenvalue weighted by Crippen LogP contribution is -2.48. The number of carbonyl (C=O) groups excluding carboxylic acids is 1. The highest BCUT2D eigenvalue weighted by Crippen LogP contribution is 2.37. The first-order valence-electron chi connectivity index (χ1n) is 6.30. The second-order valence-electron chi connectivity index (χ2n) is 5.33. The molecular formula is C14H20O2Si. The number of benzene rings is 1. The van der Waals surface area contributed by atoms with Gasteiger partial charge in [0.25, 0.3) is 0 Å². The normalized spacial score (nSPS) is 24.8. The maximum absolute atomic E-state index is 11.5. The zero-order valence-corrected chi connectivity index (χ0v) is 11.8. The van der Waals surface area contributed by atoms with Crippen molar-refractivity contribution in [3.8, 4) is 0 Å². The average Bonchev–Trinajstić information content (AvgIpc) is 2.72. The Morgan fingerprint density at radius 2 is 1.94 bits per heavy atom. The zero-order chi connectivity index (χ0) is 12.5. The van der Waals surface area contributed by atoms with Crippen LogP contribution in [0.4, 0.5) is 0 Å². The molecule has 1 aromatic rings. The number of cyclic esters (lactones) is 1. The molecule has 1 aliphatic heterocycles.